The van der Waals surface area contributed by atoms with Crippen molar-refractivity contribution in [3.8, 4) is 0 Å². The molecule has 0 aliphatic rings. The van der Waals surface area contributed by atoms with Crippen LogP contribution in [0, 0.1) is 5.82 Å². The van der Waals surface area contributed by atoms with E-state index < -0.39 is 23.9 Å². The van der Waals surface area contributed by atoms with Gasteiger partial charge in [-0.2, -0.15) is 0 Å². The van der Waals surface area contributed by atoms with Crippen LogP contribution < -0.4 is 0 Å². The lowest BCUT2D eigenvalue weighted by Crippen LogP contribution is -2.12. The van der Waals surface area contributed by atoms with Crippen molar-refractivity contribution >= 4 is 17.6 Å². The molecule has 0 aromatic carbocycles. The Labute approximate surface area is 107 Å². The summed E-state index contributed by atoms with van der Waals surface area (Å²) in [6.07, 6.45) is -3.27. The molecule has 0 saturated carbocycles. The second-order valence-corrected chi connectivity index (χ2v) is 3.64. The average molecular weight is 282 g/mol. The van der Waals surface area contributed by atoms with Crippen LogP contribution in [-0.4, -0.2) is 17.6 Å². The lowest BCUT2D eigenvalue weighted by Gasteiger charge is -2.09. The van der Waals surface area contributed by atoms with E-state index in [4.69, 9.17) is 11.6 Å². The Kier molecular flexibility index (Phi) is 5.40. The van der Waals surface area contributed by atoms with Gasteiger partial charge in [0, 0.05) is 0 Å². The first-order valence-electron chi connectivity index (χ1n) is 5.17. The summed E-state index contributed by atoms with van der Waals surface area (Å²) in [6.45, 7) is 1.80. The van der Waals surface area contributed by atoms with Gasteiger partial charge in [-0.25, -0.2) is 18.2 Å². The highest BCUT2D eigenvalue weighted by atomic mass is 35.5. The summed E-state index contributed by atoms with van der Waals surface area (Å²) < 4.78 is 42.8. The number of alkyl halides is 3. The fourth-order valence-corrected chi connectivity index (χ4v) is 1.60. The Hall–Kier alpha value is -1.30. The van der Waals surface area contributed by atoms with Crippen LogP contribution in [0.5, 0.6) is 0 Å². The zero-order valence-corrected chi connectivity index (χ0v) is 10.3. The fourth-order valence-electron chi connectivity index (χ4n) is 1.37. The van der Waals surface area contributed by atoms with Crippen molar-refractivity contribution in [2.45, 2.75) is 25.7 Å². The van der Waals surface area contributed by atoms with Crippen molar-refractivity contribution < 1.29 is 22.7 Å². The fraction of sp³-hybridized carbons (Fsp3) is 0.455. The highest BCUT2D eigenvalue weighted by Gasteiger charge is 2.20. The third kappa shape index (κ3) is 3.60. The molecule has 0 atom stereocenters. The number of pyridine rings is 1. The third-order valence-electron chi connectivity index (χ3n) is 2.15. The molecule has 1 aromatic heterocycles. The minimum Gasteiger partial charge on any atom is -0.466 e. The highest BCUT2D eigenvalue weighted by molar-refractivity contribution is 6.17. The van der Waals surface area contributed by atoms with E-state index in [1.807, 2.05) is 0 Å². The Balaban J connectivity index is 3.05. The maximum absolute atomic E-state index is 13.3. The molecule has 0 fully saturated rings. The number of halogens is 4. The molecule has 3 nitrogen and oxygen atoms in total. The van der Waals surface area contributed by atoms with Gasteiger partial charge >= 0.3 is 5.97 Å². The van der Waals surface area contributed by atoms with Crippen LogP contribution >= 0.6 is 11.6 Å². The van der Waals surface area contributed by atoms with Crippen LogP contribution in [0.15, 0.2) is 6.07 Å². The van der Waals surface area contributed by atoms with Crippen LogP contribution in [0.1, 0.15) is 30.3 Å². The minimum atomic E-state index is -3.02. The van der Waals surface area contributed by atoms with Gasteiger partial charge in [-0.05, 0) is 18.6 Å². The quantitative estimate of drug-likeness (QED) is 0.615. The molecule has 0 spiro atoms. The molecule has 0 aliphatic carbocycles. The van der Waals surface area contributed by atoms with Crippen LogP contribution in [0.25, 0.3) is 0 Å². The molecular weight excluding hydrogens is 271 g/mol. The van der Waals surface area contributed by atoms with Crippen LogP contribution in [0.2, 0.25) is 0 Å². The smallest absolute Gasteiger partial charge is 0.310 e. The van der Waals surface area contributed by atoms with E-state index in [2.05, 4.69) is 9.72 Å². The number of ether oxygens (including phenoxy) is 1. The Morgan fingerprint density at radius 2 is 2.22 bits per heavy atom. The second kappa shape index (κ2) is 6.58. The third-order valence-corrected chi connectivity index (χ3v) is 2.40. The second-order valence-electron chi connectivity index (χ2n) is 3.38. The first kappa shape index (κ1) is 14.8. The van der Waals surface area contributed by atoms with Crippen molar-refractivity contribution in [1.82, 2.24) is 4.98 Å². The largest absolute Gasteiger partial charge is 0.466 e. The summed E-state index contributed by atoms with van der Waals surface area (Å²) in [7, 11) is 0. The number of carbonyl (C=O) groups is 1. The number of hydrogen-bond donors (Lipinski definition) is 0. The summed E-state index contributed by atoms with van der Waals surface area (Å²) >= 11 is 5.54. The van der Waals surface area contributed by atoms with E-state index in [-0.39, 0.29) is 30.2 Å². The van der Waals surface area contributed by atoms with Crippen LogP contribution in [0.4, 0.5) is 13.2 Å². The van der Waals surface area contributed by atoms with Crippen molar-refractivity contribution in [3.05, 3.63) is 28.8 Å². The van der Waals surface area contributed by atoms with Gasteiger partial charge in [0.25, 0.3) is 6.43 Å². The Bertz CT molecular complexity index is 441. The zero-order chi connectivity index (χ0) is 13.7. The van der Waals surface area contributed by atoms with Gasteiger partial charge in [0.05, 0.1) is 24.6 Å². The summed E-state index contributed by atoms with van der Waals surface area (Å²) in [5.41, 5.74) is -0.745. The maximum Gasteiger partial charge on any atom is 0.310 e. The van der Waals surface area contributed by atoms with E-state index in [0.717, 1.165) is 6.07 Å². The van der Waals surface area contributed by atoms with Gasteiger partial charge in [-0.3, -0.25) is 4.79 Å². The summed E-state index contributed by atoms with van der Waals surface area (Å²) in [6, 6.07) is 0.850. The van der Waals surface area contributed by atoms with Gasteiger partial charge in [0.1, 0.15) is 5.69 Å². The average Bonchev–Trinajstić information content (AvgIpc) is 2.29. The molecule has 0 bridgehead atoms. The lowest BCUT2D eigenvalue weighted by molar-refractivity contribution is -0.142. The molecule has 18 heavy (non-hydrogen) atoms. The minimum absolute atomic E-state index is 0.0569. The number of esters is 1. The molecule has 0 unspecified atom stereocenters. The topological polar surface area (TPSA) is 39.2 Å². The molecule has 100 valence electrons. The number of aromatic nitrogens is 1. The molecule has 1 aromatic rings. The molecule has 0 amide bonds. The summed E-state index contributed by atoms with van der Waals surface area (Å²) in [5, 5.41) is 0. The monoisotopic (exact) mass is 281 g/mol. The SMILES string of the molecule is CCOC(=O)Cc1cc(F)c(C(F)F)nc1CCl. The van der Waals surface area contributed by atoms with E-state index in [1.165, 1.54) is 0 Å². The molecule has 0 aliphatic heterocycles. The van der Waals surface area contributed by atoms with E-state index in [0.29, 0.717) is 0 Å². The molecular formula is C11H11ClF3NO2. The summed E-state index contributed by atoms with van der Waals surface area (Å²) in [4.78, 5) is 14.7. The maximum atomic E-state index is 13.3. The van der Waals surface area contributed by atoms with E-state index in [1.54, 1.807) is 6.92 Å². The summed E-state index contributed by atoms with van der Waals surface area (Å²) in [5.74, 6) is -1.93. The van der Waals surface area contributed by atoms with Crippen molar-refractivity contribution in [1.29, 1.82) is 0 Å². The van der Waals surface area contributed by atoms with Crippen molar-refractivity contribution in [3.63, 3.8) is 0 Å². The highest BCUT2D eigenvalue weighted by Crippen LogP contribution is 2.23. The Morgan fingerprint density at radius 3 is 2.72 bits per heavy atom. The van der Waals surface area contributed by atoms with E-state index in [9.17, 15) is 18.0 Å². The van der Waals surface area contributed by atoms with Crippen LogP contribution in [0.3, 0.4) is 0 Å². The molecule has 1 rings (SSSR count). The van der Waals surface area contributed by atoms with Gasteiger partial charge in [0.2, 0.25) is 0 Å². The number of hydrogen-bond acceptors (Lipinski definition) is 3. The molecule has 7 heteroatoms. The number of nitrogens with zero attached hydrogens (tertiary/aromatic N) is 1. The molecule has 0 saturated heterocycles. The predicted octanol–water partition coefficient (Wildman–Crippen LogP) is 3.00. The van der Waals surface area contributed by atoms with Gasteiger partial charge in [-0.15, -0.1) is 11.6 Å². The van der Waals surface area contributed by atoms with Crippen molar-refractivity contribution in [2.75, 3.05) is 6.61 Å². The Morgan fingerprint density at radius 1 is 1.56 bits per heavy atom. The first-order chi connectivity index (χ1) is 8.49. The molecule has 0 radical (unpaired) electrons. The number of rotatable bonds is 5. The number of carbonyl (C=O) groups excluding carboxylic acids is 1. The molecule has 0 N–H and O–H groups in total. The lowest BCUT2D eigenvalue weighted by atomic mass is 10.1. The normalized spacial score (nSPS) is 10.8. The van der Waals surface area contributed by atoms with Gasteiger partial charge in [-0.1, -0.05) is 0 Å². The zero-order valence-electron chi connectivity index (χ0n) is 9.55. The predicted molar refractivity (Wildman–Crippen MR) is 59.0 cm³/mol. The standard InChI is InChI=1S/C11H11ClF3NO2/c1-2-18-9(17)4-6-3-7(13)10(11(14)15)16-8(6)5-12/h3,11H,2,4-5H2,1H3. The van der Waals surface area contributed by atoms with Crippen molar-refractivity contribution in [2.24, 2.45) is 0 Å². The van der Waals surface area contributed by atoms with Crippen LogP contribution in [-0.2, 0) is 21.8 Å². The van der Waals surface area contributed by atoms with Gasteiger partial charge < -0.3 is 4.74 Å². The molecule has 1 heterocycles. The van der Waals surface area contributed by atoms with E-state index >= 15 is 0 Å². The first-order valence-corrected chi connectivity index (χ1v) is 5.71. The van der Waals surface area contributed by atoms with Gasteiger partial charge in [0.15, 0.2) is 5.82 Å².